The van der Waals surface area contributed by atoms with E-state index in [9.17, 15) is 8.78 Å². The summed E-state index contributed by atoms with van der Waals surface area (Å²) in [5.41, 5.74) is 1.89. The molecule has 1 aromatic heterocycles. The van der Waals surface area contributed by atoms with Crippen molar-refractivity contribution in [2.75, 3.05) is 25.0 Å². The van der Waals surface area contributed by atoms with Crippen LogP contribution in [0.15, 0.2) is 18.3 Å². The molecule has 3 aliphatic rings. The summed E-state index contributed by atoms with van der Waals surface area (Å²) in [5.74, 6) is 0.688. The molecule has 3 fully saturated rings. The molecule has 2 heterocycles. The second kappa shape index (κ2) is 8.53. The summed E-state index contributed by atoms with van der Waals surface area (Å²) in [5, 5.41) is 7.57. The van der Waals surface area contributed by atoms with Gasteiger partial charge in [0.25, 0.3) is 0 Å². The highest BCUT2D eigenvalue weighted by Crippen LogP contribution is 2.41. The van der Waals surface area contributed by atoms with Crippen LogP contribution < -0.4 is 5.32 Å². The molecule has 2 aromatic rings. The molecule has 1 aromatic carbocycles. The van der Waals surface area contributed by atoms with Crippen molar-refractivity contribution in [1.82, 2.24) is 14.7 Å². The molecule has 168 valence electrons. The highest BCUT2D eigenvalue weighted by molar-refractivity contribution is 5.68. The molecule has 3 atom stereocenters. The van der Waals surface area contributed by atoms with E-state index in [1.165, 1.54) is 51.7 Å². The highest BCUT2D eigenvalue weighted by atomic mass is 19.2. The van der Waals surface area contributed by atoms with Gasteiger partial charge < -0.3 is 10.2 Å². The van der Waals surface area contributed by atoms with E-state index in [0.29, 0.717) is 23.1 Å². The van der Waals surface area contributed by atoms with E-state index in [1.54, 1.807) is 30.1 Å². The van der Waals surface area contributed by atoms with Crippen LogP contribution in [0, 0.1) is 36.3 Å². The van der Waals surface area contributed by atoms with Crippen LogP contribution in [-0.4, -0.2) is 40.4 Å². The molecule has 2 aliphatic carbocycles. The van der Waals surface area contributed by atoms with Gasteiger partial charge in [-0.15, -0.1) is 0 Å². The topological polar surface area (TPSA) is 33.1 Å². The van der Waals surface area contributed by atoms with Crippen molar-refractivity contribution in [2.45, 2.75) is 57.9 Å². The summed E-state index contributed by atoms with van der Waals surface area (Å²) in [6, 6.07) is 3.59. The number of fused-ring (bicyclic) bond motifs is 1. The molecule has 1 aliphatic heterocycles. The first-order valence-corrected chi connectivity index (χ1v) is 12.0. The maximum Gasteiger partial charge on any atom is 0.182 e. The van der Waals surface area contributed by atoms with Crippen LogP contribution in [0.1, 0.15) is 50.6 Å². The number of rotatable bonds is 5. The van der Waals surface area contributed by atoms with Gasteiger partial charge in [0.15, 0.2) is 11.6 Å². The lowest BCUT2D eigenvalue weighted by Crippen LogP contribution is -2.30. The monoisotopic (exact) mass is 428 g/mol. The summed E-state index contributed by atoms with van der Waals surface area (Å²) in [6.45, 7) is 5.43. The number of aromatic nitrogens is 2. The molecule has 1 unspecified atom stereocenters. The Bertz CT molecular complexity index is 920. The SMILES string of the molecule is Cc1nn(C)cc1-c1ccc(NC2C[C@@H]3CN(CC4CCCCC4)C[C@@H]3C2)c(F)c1F. The van der Waals surface area contributed by atoms with Crippen molar-refractivity contribution in [3.63, 3.8) is 0 Å². The molecule has 31 heavy (non-hydrogen) atoms. The molecule has 0 radical (unpaired) electrons. The van der Waals surface area contributed by atoms with Crippen LogP contribution in [0.4, 0.5) is 14.5 Å². The Balaban J connectivity index is 1.20. The average Bonchev–Trinajstić information content (AvgIpc) is 3.39. The maximum absolute atomic E-state index is 14.9. The molecule has 4 nitrogen and oxygen atoms in total. The van der Waals surface area contributed by atoms with Crippen LogP contribution in [0.2, 0.25) is 0 Å². The van der Waals surface area contributed by atoms with Gasteiger partial charge in [-0.1, -0.05) is 19.3 Å². The number of benzene rings is 1. The minimum absolute atomic E-state index is 0.228. The van der Waals surface area contributed by atoms with Crippen molar-refractivity contribution in [2.24, 2.45) is 24.8 Å². The van der Waals surface area contributed by atoms with Crippen molar-refractivity contribution in [3.8, 4) is 11.1 Å². The van der Waals surface area contributed by atoms with Crippen LogP contribution in [-0.2, 0) is 7.05 Å². The van der Waals surface area contributed by atoms with E-state index in [-0.39, 0.29) is 17.3 Å². The fourth-order valence-electron chi connectivity index (χ4n) is 6.35. The fraction of sp³-hybridized carbons (Fsp3) is 0.640. The standard InChI is InChI=1S/C25H34F2N4/c1-16-22(15-30(2)29-16)21-8-9-23(25(27)24(21)26)28-20-10-18-13-31(14-19(18)11-20)12-17-6-4-3-5-7-17/h8-9,15,17-20,28H,3-7,10-14H2,1-2H3/t18-,19+,20?. The summed E-state index contributed by atoms with van der Waals surface area (Å²) in [6.07, 6.45) is 10.8. The Labute approximate surface area is 184 Å². The van der Waals surface area contributed by atoms with Crippen molar-refractivity contribution in [3.05, 3.63) is 35.7 Å². The first kappa shape index (κ1) is 20.9. The number of hydrogen-bond donors (Lipinski definition) is 1. The van der Waals surface area contributed by atoms with E-state index in [2.05, 4.69) is 15.3 Å². The van der Waals surface area contributed by atoms with Gasteiger partial charge in [0, 0.05) is 50.0 Å². The zero-order valence-corrected chi connectivity index (χ0v) is 18.7. The normalized spacial score (nSPS) is 27.0. The van der Waals surface area contributed by atoms with Gasteiger partial charge in [0.05, 0.1) is 11.4 Å². The quantitative estimate of drug-likeness (QED) is 0.694. The van der Waals surface area contributed by atoms with Crippen LogP contribution in [0.25, 0.3) is 11.1 Å². The number of hydrogen-bond acceptors (Lipinski definition) is 3. The summed E-state index contributed by atoms with van der Waals surface area (Å²) in [7, 11) is 1.79. The van der Waals surface area contributed by atoms with Gasteiger partial charge in [-0.3, -0.25) is 4.68 Å². The Hall–Kier alpha value is -1.95. The lowest BCUT2D eigenvalue weighted by atomic mass is 9.89. The molecule has 6 heteroatoms. The Kier molecular flexibility index (Phi) is 5.76. The first-order valence-electron chi connectivity index (χ1n) is 12.0. The van der Waals surface area contributed by atoms with Gasteiger partial charge in [-0.25, -0.2) is 8.78 Å². The predicted molar refractivity (Wildman–Crippen MR) is 120 cm³/mol. The minimum atomic E-state index is -0.794. The minimum Gasteiger partial charge on any atom is -0.380 e. The lowest BCUT2D eigenvalue weighted by molar-refractivity contribution is 0.221. The summed E-state index contributed by atoms with van der Waals surface area (Å²) in [4.78, 5) is 2.67. The van der Waals surface area contributed by atoms with Gasteiger partial charge in [0.1, 0.15) is 0 Å². The van der Waals surface area contributed by atoms with Crippen LogP contribution >= 0.6 is 0 Å². The number of aryl methyl sites for hydroxylation is 2. The third-order valence-corrected chi connectivity index (χ3v) is 7.81. The molecule has 0 spiro atoms. The Morgan fingerprint density at radius 3 is 2.35 bits per heavy atom. The zero-order chi connectivity index (χ0) is 21.5. The zero-order valence-electron chi connectivity index (χ0n) is 18.7. The average molecular weight is 429 g/mol. The van der Waals surface area contributed by atoms with Crippen LogP contribution in [0.3, 0.4) is 0 Å². The molecule has 0 bridgehead atoms. The lowest BCUT2D eigenvalue weighted by Gasteiger charge is -2.27. The Morgan fingerprint density at radius 2 is 1.71 bits per heavy atom. The summed E-state index contributed by atoms with van der Waals surface area (Å²) < 4.78 is 31.4. The van der Waals surface area contributed by atoms with Gasteiger partial charge in [-0.05, 0) is 62.5 Å². The van der Waals surface area contributed by atoms with Gasteiger partial charge in [0.2, 0.25) is 0 Å². The molecular weight excluding hydrogens is 394 g/mol. The third-order valence-electron chi connectivity index (χ3n) is 7.81. The smallest absolute Gasteiger partial charge is 0.182 e. The van der Waals surface area contributed by atoms with E-state index in [0.717, 1.165) is 18.8 Å². The molecule has 1 N–H and O–H groups in total. The third kappa shape index (κ3) is 4.23. The van der Waals surface area contributed by atoms with Gasteiger partial charge in [-0.2, -0.15) is 5.10 Å². The fourth-order valence-corrected chi connectivity index (χ4v) is 6.35. The number of likely N-dealkylation sites (tertiary alicyclic amines) is 1. The van der Waals surface area contributed by atoms with Crippen LogP contribution in [0.5, 0.6) is 0 Å². The van der Waals surface area contributed by atoms with E-state index in [1.807, 2.05) is 6.92 Å². The molecule has 0 amide bonds. The van der Waals surface area contributed by atoms with Crippen molar-refractivity contribution >= 4 is 5.69 Å². The van der Waals surface area contributed by atoms with E-state index in [4.69, 9.17) is 0 Å². The molecule has 5 rings (SSSR count). The van der Waals surface area contributed by atoms with Crippen molar-refractivity contribution in [1.29, 1.82) is 0 Å². The highest BCUT2D eigenvalue weighted by Gasteiger charge is 2.41. The Morgan fingerprint density at radius 1 is 1.00 bits per heavy atom. The number of nitrogens with one attached hydrogen (secondary N) is 1. The predicted octanol–water partition coefficient (Wildman–Crippen LogP) is 5.38. The van der Waals surface area contributed by atoms with E-state index >= 15 is 0 Å². The first-order chi connectivity index (χ1) is 15.0. The van der Waals surface area contributed by atoms with Crippen molar-refractivity contribution < 1.29 is 8.78 Å². The second-order valence-electron chi connectivity index (χ2n) is 10.1. The maximum atomic E-state index is 14.9. The molecule has 1 saturated heterocycles. The number of halogens is 2. The molecular formula is C25H34F2N4. The van der Waals surface area contributed by atoms with Gasteiger partial charge >= 0.3 is 0 Å². The molecule has 2 saturated carbocycles. The second-order valence-corrected chi connectivity index (χ2v) is 10.1. The number of nitrogens with zero attached hydrogens (tertiary/aromatic N) is 3. The number of anilines is 1. The largest absolute Gasteiger partial charge is 0.380 e. The van der Waals surface area contributed by atoms with E-state index < -0.39 is 11.6 Å². The summed E-state index contributed by atoms with van der Waals surface area (Å²) >= 11 is 0.